The highest BCUT2D eigenvalue weighted by molar-refractivity contribution is 5.54. The first-order valence-corrected chi connectivity index (χ1v) is 5.32. The molecule has 1 aliphatic rings. The van der Waals surface area contributed by atoms with Crippen molar-refractivity contribution in [3.8, 4) is 0 Å². The van der Waals surface area contributed by atoms with Gasteiger partial charge in [-0.25, -0.2) is 10.8 Å². The van der Waals surface area contributed by atoms with Crippen molar-refractivity contribution >= 4 is 11.6 Å². The molecule has 1 aromatic rings. The molecule has 0 aliphatic carbocycles. The summed E-state index contributed by atoms with van der Waals surface area (Å²) in [5, 5.41) is 0. The van der Waals surface area contributed by atoms with Crippen molar-refractivity contribution in [2.45, 2.75) is 19.0 Å². The Morgan fingerprint density at radius 1 is 1.24 bits per heavy atom. The van der Waals surface area contributed by atoms with Crippen molar-refractivity contribution in [1.82, 2.24) is 4.98 Å². The maximum Gasteiger partial charge on any atom is 0.419 e. The van der Waals surface area contributed by atoms with Gasteiger partial charge < -0.3 is 10.3 Å². The number of hydrogen-bond donors (Lipinski definition) is 2. The number of hydrazine groups is 1. The molecule has 0 atom stereocenters. The highest BCUT2D eigenvalue weighted by atomic mass is 19.4. The average Bonchev–Trinajstić information content (AvgIpc) is 2.80. The molecule has 0 bridgehead atoms. The van der Waals surface area contributed by atoms with E-state index < -0.39 is 11.7 Å². The quantitative estimate of drug-likeness (QED) is 0.619. The fraction of sp³-hybridized carbons (Fsp3) is 0.500. The number of hydrogen-bond acceptors (Lipinski definition) is 4. The number of pyridine rings is 1. The van der Waals surface area contributed by atoms with Gasteiger partial charge >= 0.3 is 6.18 Å². The van der Waals surface area contributed by atoms with Crippen molar-refractivity contribution in [3.63, 3.8) is 0 Å². The molecule has 0 saturated carbocycles. The van der Waals surface area contributed by atoms with Crippen LogP contribution in [0.3, 0.4) is 0 Å². The molecule has 0 spiro atoms. The monoisotopic (exact) mass is 246 g/mol. The average molecular weight is 246 g/mol. The predicted molar refractivity (Wildman–Crippen MR) is 58.5 cm³/mol. The third-order valence-corrected chi connectivity index (χ3v) is 2.73. The minimum Gasteiger partial charge on any atom is -0.356 e. The van der Waals surface area contributed by atoms with Crippen molar-refractivity contribution in [3.05, 3.63) is 17.7 Å². The molecular weight excluding hydrogens is 233 g/mol. The van der Waals surface area contributed by atoms with Crippen LogP contribution in [-0.2, 0) is 6.18 Å². The van der Waals surface area contributed by atoms with Crippen molar-refractivity contribution in [2.75, 3.05) is 23.4 Å². The maximum absolute atomic E-state index is 12.8. The van der Waals surface area contributed by atoms with Crippen LogP contribution in [0.4, 0.5) is 24.8 Å². The molecule has 94 valence electrons. The van der Waals surface area contributed by atoms with Gasteiger partial charge in [-0.2, -0.15) is 13.2 Å². The summed E-state index contributed by atoms with van der Waals surface area (Å²) in [6.07, 6.45) is -2.61. The molecule has 0 radical (unpaired) electrons. The Bertz CT molecular complexity index is 399. The Hall–Kier alpha value is -1.50. The summed E-state index contributed by atoms with van der Waals surface area (Å²) in [5.74, 6) is 5.36. The number of halogens is 3. The Morgan fingerprint density at radius 2 is 1.88 bits per heavy atom. The fourth-order valence-electron chi connectivity index (χ4n) is 1.92. The molecule has 2 rings (SSSR count). The molecule has 17 heavy (non-hydrogen) atoms. The Kier molecular flexibility index (Phi) is 3.10. The first kappa shape index (κ1) is 12.0. The van der Waals surface area contributed by atoms with Gasteiger partial charge in [-0.3, -0.25) is 0 Å². The minimum atomic E-state index is -4.39. The zero-order valence-corrected chi connectivity index (χ0v) is 9.09. The summed E-state index contributed by atoms with van der Waals surface area (Å²) < 4.78 is 38.5. The van der Waals surface area contributed by atoms with Crippen LogP contribution >= 0.6 is 0 Å². The lowest BCUT2D eigenvalue weighted by molar-refractivity contribution is -0.137. The Balaban J connectivity index is 2.43. The SMILES string of the molecule is NNc1ccc(C(F)(F)F)c(N2CCCC2)n1. The number of rotatable bonds is 2. The zero-order valence-electron chi connectivity index (χ0n) is 9.09. The Labute approximate surface area is 96.6 Å². The molecule has 4 nitrogen and oxygen atoms in total. The van der Waals surface area contributed by atoms with Gasteiger partial charge in [0.15, 0.2) is 0 Å². The second-order valence-corrected chi connectivity index (χ2v) is 3.90. The number of aromatic nitrogens is 1. The molecule has 0 unspecified atom stereocenters. The molecule has 7 heteroatoms. The number of nitrogens with two attached hydrogens (primary N) is 1. The lowest BCUT2D eigenvalue weighted by atomic mass is 10.2. The van der Waals surface area contributed by atoms with E-state index in [0.717, 1.165) is 18.9 Å². The van der Waals surface area contributed by atoms with Crippen molar-refractivity contribution < 1.29 is 13.2 Å². The van der Waals surface area contributed by atoms with E-state index in [1.165, 1.54) is 6.07 Å². The van der Waals surface area contributed by atoms with Gasteiger partial charge in [0.2, 0.25) is 0 Å². The number of nitrogens with zero attached hydrogens (tertiary/aromatic N) is 2. The first-order valence-electron chi connectivity index (χ1n) is 5.32. The topological polar surface area (TPSA) is 54.2 Å². The van der Waals surface area contributed by atoms with Gasteiger partial charge in [0, 0.05) is 13.1 Å². The summed E-state index contributed by atoms with van der Waals surface area (Å²) in [6, 6.07) is 2.23. The van der Waals surface area contributed by atoms with Gasteiger partial charge in [-0.15, -0.1) is 0 Å². The van der Waals surface area contributed by atoms with E-state index in [2.05, 4.69) is 10.4 Å². The lowest BCUT2D eigenvalue weighted by Crippen LogP contribution is -2.24. The van der Waals surface area contributed by atoms with Gasteiger partial charge in [0.25, 0.3) is 0 Å². The van der Waals surface area contributed by atoms with E-state index in [0.29, 0.717) is 13.1 Å². The summed E-state index contributed by atoms with van der Waals surface area (Å²) in [6.45, 7) is 1.20. The molecule has 0 aromatic carbocycles. The first-order chi connectivity index (χ1) is 8.02. The molecular formula is C10H13F3N4. The van der Waals surface area contributed by atoms with Crippen LogP contribution in [0.25, 0.3) is 0 Å². The standard InChI is InChI=1S/C10H13F3N4/c11-10(12,13)7-3-4-8(16-14)15-9(7)17-5-1-2-6-17/h3-4H,1-2,5-6,14H2,(H,15,16). The largest absolute Gasteiger partial charge is 0.419 e. The van der Waals surface area contributed by atoms with E-state index >= 15 is 0 Å². The van der Waals surface area contributed by atoms with Gasteiger partial charge in [-0.1, -0.05) is 0 Å². The smallest absolute Gasteiger partial charge is 0.356 e. The highest BCUT2D eigenvalue weighted by Crippen LogP contribution is 2.37. The predicted octanol–water partition coefficient (Wildman–Crippen LogP) is 1.99. The van der Waals surface area contributed by atoms with Gasteiger partial charge in [0.1, 0.15) is 11.6 Å². The number of anilines is 2. The molecule has 1 aliphatic heterocycles. The number of nitrogens with one attached hydrogen (secondary N) is 1. The van der Waals surface area contributed by atoms with E-state index in [1.807, 2.05) is 0 Å². The molecule has 1 fully saturated rings. The van der Waals surface area contributed by atoms with E-state index in [1.54, 1.807) is 4.90 Å². The van der Waals surface area contributed by atoms with Crippen LogP contribution in [0.5, 0.6) is 0 Å². The number of alkyl halides is 3. The van der Waals surface area contributed by atoms with E-state index in [4.69, 9.17) is 5.84 Å². The fourth-order valence-corrected chi connectivity index (χ4v) is 1.92. The zero-order chi connectivity index (χ0) is 12.5. The van der Waals surface area contributed by atoms with Crippen LogP contribution in [-0.4, -0.2) is 18.1 Å². The van der Waals surface area contributed by atoms with Crippen LogP contribution in [0.1, 0.15) is 18.4 Å². The molecule has 3 N–H and O–H groups in total. The van der Waals surface area contributed by atoms with Gasteiger partial charge in [0.05, 0.1) is 5.56 Å². The van der Waals surface area contributed by atoms with Crippen LogP contribution in [0, 0.1) is 0 Å². The van der Waals surface area contributed by atoms with Crippen LogP contribution in [0.2, 0.25) is 0 Å². The second-order valence-electron chi connectivity index (χ2n) is 3.90. The molecule has 0 amide bonds. The Morgan fingerprint density at radius 3 is 2.41 bits per heavy atom. The molecule has 2 heterocycles. The second kappa shape index (κ2) is 4.40. The van der Waals surface area contributed by atoms with Crippen molar-refractivity contribution in [2.24, 2.45) is 5.84 Å². The van der Waals surface area contributed by atoms with E-state index in [9.17, 15) is 13.2 Å². The van der Waals surface area contributed by atoms with Crippen molar-refractivity contribution in [1.29, 1.82) is 0 Å². The molecule has 1 aromatic heterocycles. The van der Waals surface area contributed by atoms with Crippen LogP contribution < -0.4 is 16.2 Å². The highest BCUT2D eigenvalue weighted by Gasteiger charge is 2.36. The minimum absolute atomic E-state index is 0.0366. The number of nitrogen functional groups attached to an aromatic ring is 1. The third kappa shape index (κ3) is 2.44. The van der Waals surface area contributed by atoms with Crippen LogP contribution in [0.15, 0.2) is 12.1 Å². The summed E-state index contributed by atoms with van der Waals surface area (Å²) in [7, 11) is 0. The van der Waals surface area contributed by atoms with E-state index in [-0.39, 0.29) is 11.6 Å². The lowest BCUT2D eigenvalue weighted by Gasteiger charge is -2.21. The summed E-state index contributed by atoms with van der Waals surface area (Å²) in [5.41, 5.74) is 1.55. The normalized spacial score (nSPS) is 16.4. The molecule has 1 saturated heterocycles. The third-order valence-electron chi connectivity index (χ3n) is 2.73. The summed E-state index contributed by atoms with van der Waals surface area (Å²) >= 11 is 0. The van der Waals surface area contributed by atoms with Gasteiger partial charge in [-0.05, 0) is 25.0 Å². The summed E-state index contributed by atoms with van der Waals surface area (Å²) in [4.78, 5) is 5.55. The maximum atomic E-state index is 12.8.